The predicted molar refractivity (Wildman–Crippen MR) is 119 cm³/mol. The zero-order valence-corrected chi connectivity index (χ0v) is 21.9. The summed E-state index contributed by atoms with van der Waals surface area (Å²) >= 11 is 0. The van der Waals surface area contributed by atoms with E-state index in [2.05, 4.69) is 28.2 Å². The largest absolute Gasteiger partial charge is 0.390 e. The zero-order valence-electron chi connectivity index (χ0n) is 19.4. The molecule has 1 fully saturated rings. The van der Waals surface area contributed by atoms with Gasteiger partial charge < -0.3 is 51.2 Å². The van der Waals surface area contributed by atoms with Crippen molar-refractivity contribution >= 4 is 23.6 Å². The van der Waals surface area contributed by atoms with Crippen LogP contribution < -0.4 is 27.0 Å². The number of hydrogen-bond donors (Lipinski definition) is 6. The summed E-state index contributed by atoms with van der Waals surface area (Å²) in [7, 11) is 0. The molecule has 0 aliphatic carbocycles. The van der Waals surface area contributed by atoms with Gasteiger partial charge in [-0.3, -0.25) is 19.2 Å². The zero-order chi connectivity index (χ0) is 23.4. The predicted octanol–water partition coefficient (Wildman–Crippen LogP) is -0.977. The molecule has 1 radical (unpaired) electrons. The SMILES string of the molecule is [CH2-]C(NC(C)=O)C(=O)NCCCCCC(=O)NC[C@H]1O[C@@H](N/C=C(/C)C(N)=O)CC1O.[CH3-].[Es]. The van der Waals surface area contributed by atoms with Crippen molar-refractivity contribution in [2.45, 2.75) is 70.4 Å². The Labute approximate surface area is 189 Å². The molecular formula is C21H37EsN5O6-2. The molecule has 1 saturated heterocycles. The summed E-state index contributed by atoms with van der Waals surface area (Å²) in [4.78, 5) is 45.5. The number of nitrogens with one attached hydrogen (secondary N) is 4. The number of amides is 4. The molecule has 1 aliphatic heterocycles. The summed E-state index contributed by atoms with van der Waals surface area (Å²) in [6.45, 7) is 7.05. The van der Waals surface area contributed by atoms with Gasteiger partial charge in [0.2, 0.25) is 23.6 Å². The van der Waals surface area contributed by atoms with E-state index in [0.29, 0.717) is 37.8 Å². The van der Waals surface area contributed by atoms with Crippen molar-refractivity contribution in [1.29, 1.82) is 0 Å². The number of ether oxygens (including phenoxy) is 1. The molecular weight excluding hydrogens is 670 g/mol. The van der Waals surface area contributed by atoms with E-state index >= 15 is 0 Å². The number of nitrogens with two attached hydrogens (primary N) is 1. The number of aliphatic hydroxyl groups is 1. The van der Waals surface area contributed by atoms with Gasteiger partial charge in [-0.1, -0.05) is 6.42 Å². The molecule has 11 nitrogen and oxygen atoms in total. The van der Waals surface area contributed by atoms with E-state index in [9.17, 15) is 24.3 Å². The molecule has 0 spiro atoms. The van der Waals surface area contributed by atoms with Crippen LogP contribution in [0.3, 0.4) is 0 Å². The third-order valence-electron chi connectivity index (χ3n) is 4.67. The smallest absolute Gasteiger partial charge is 0.245 e. The molecule has 7 N–H and O–H groups in total. The van der Waals surface area contributed by atoms with Crippen LogP contribution in [0.4, 0.5) is 0 Å². The molecule has 0 bridgehead atoms. The number of rotatable bonds is 13. The Morgan fingerprint density at radius 1 is 1.18 bits per heavy atom. The van der Waals surface area contributed by atoms with E-state index in [0.717, 1.165) is 6.42 Å². The third-order valence-corrected chi connectivity index (χ3v) is 4.67. The van der Waals surface area contributed by atoms with Crippen LogP contribution in [0.25, 0.3) is 0 Å². The van der Waals surface area contributed by atoms with Crippen molar-refractivity contribution < 1.29 is 29.0 Å². The van der Waals surface area contributed by atoms with Crippen LogP contribution in [0, 0.1) is 14.4 Å². The summed E-state index contributed by atoms with van der Waals surface area (Å²) in [5.74, 6) is -1.37. The average molecular weight is 708 g/mol. The number of carbonyl (C=O) groups excluding carboxylic acids is 4. The first-order valence-electron chi connectivity index (χ1n) is 10.3. The summed E-state index contributed by atoms with van der Waals surface area (Å²) in [5.41, 5.74) is 5.49. The third kappa shape index (κ3) is 12.7. The van der Waals surface area contributed by atoms with Gasteiger partial charge in [-0.25, -0.2) is 0 Å². The molecule has 1 rings (SSSR count). The van der Waals surface area contributed by atoms with Gasteiger partial charge in [0, 0.05) is 44.6 Å². The van der Waals surface area contributed by atoms with Crippen LogP contribution in [-0.2, 0) is 23.9 Å². The number of carbonyl (C=O) groups is 4. The Morgan fingerprint density at radius 2 is 1.85 bits per heavy atom. The second kappa shape index (κ2) is 16.0. The molecule has 1 heterocycles. The van der Waals surface area contributed by atoms with Gasteiger partial charge in [0.15, 0.2) is 0 Å². The van der Waals surface area contributed by atoms with Crippen LogP contribution in [0.1, 0.15) is 46.0 Å². The summed E-state index contributed by atoms with van der Waals surface area (Å²) in [5, 5.41) is 20.8. The summed E-state index contributed by atoms with van der Waals surface area (Å²) < 4.78 is 5.63. The fraction of sp³-hybridized carbons (Fsp3) is 0.619. The Kier molecular flexibility index (Phi) is 15.3. The normalized spacial score (nSPS) is 20.5. The van der Waals surface area contributed by atoms with Crippen LogP contribution in [0.15, 0.2) is 11.8 Å². The van der Waals surface area contributed by atoms with E-state index in [-0.39, 0.29) is 31.7 Å². The minimum Gasteiger partial charge on any atom is -0.390 e. The summed E-state index contributed by atoms with van der Waals surface area (Å²) in [6, 6.07) is -0.825. The molecule has 2 unspecified atom stereocenters. The van der Waals surface area contributed by atoms with Crippen molar-refractivity contribution in [1.82, 2.24) is 21.3 Å². The van der Waals surface area contributed by atoms with E-state index in [1.807, 2.05) is 0 Å². The molecule has 0 saturated carbocycles. The molecule has 4 atom stereocenters. The summed E-state index contributed by atoms with van der Waals surface area (Å²) in [6.07, 6.45) is 2.43. The Bertz CT molecular complexity index is 676. The van der Waals surface area contributed by atoms with E-state index in [1.54, 1.807) is 6.92 Å². The van der Waals surface area contributed by atoms with Crippen LogP contribution >= 0.6 is 0 Å². The van der Waals surface area contributed by atoms with Crippen molar-refractivity contribution in [3.05, 3.63) is 26.1 Å². The van der Waals surface area contributed by atoms with Gasteiger partial charge in [0.05, 0.1) is 6.10 Å². The second-order valence-electron chi connectivity index (χ2n) is 7.48. The molecule has 33 heavy (non-hydrogen) atoms. The Hall–Kier alpha value is -3.66. The molecule has 0 aromatic rings. The Balaban J connectivity index is 0. The van der Waals surface area contributed by atoms with E-state index in [4.69, 9.17) is 10.5 Å². The molecule has 12 heteroatoms. The van der Waals surface area contributed by atoms with Crippen LogP contribution in [0.2, 0.25) is 0 Å². The Morgan fingerprint density at radius 3 is 2.45 bits per heavy atom. The topological polar surface area (TPSA) is 172 Å². The second-order valence-corrected chi connectivity index (χ2v) is 7.48. The van der Waals surface area contributed by atoms with Gasteiger partial charge in [0.1, 0.15) is 12.3 Å². The van der Waals surface area contributed by atoms with Crippen molar-refractivity contribution in [3.8, 4) is 0 Å². The monoisotopic (exact) mass is 707 g/mol. The minimum absolute atomic E-state index is 0. The fourth-order valence-corrected chi connectivity index (χ4v) is 2.84. The first kappa shape index (κ1) is 31.5. The maximum absolute atomic E-state index is 12.0. The van der Waals surface area contributed by atoms with Gasteiger partial charge in [-0.2, -0.15) is 0 Å². The van der Waals surface area contributed by atoms with Gasteiger partial charge in [0.25, 0.3) is 0 Å². The average Bonchev–Trinajstić information content (AvgIpc) is 3.05. The maximum atomic E-state index is 12.0. The fourth-order valence-electron chi connectivity index (χ4n) is 2.84. The van der Waals surface area contributed by atoms with Crippen molar-refractivity contribution in [2.75, 3.05) is 13.1 Å². The number of primary amides is 1. The van der Waals surface area contributed by atoms with Gasteiger partial charge >= 0.3 is 0 Å². The number of hydrogen-bond acceptors (Lipinski definition) is 7. The number of unbranched alkanes of at least 4 members (excludes halogenated alkanes) is 2. The van der Waals surface area contributed by atoms with Crippen LogP contribution in [0.5, 0.6) is 0 Å². The van der Waals surface area contributed by atoms with Crippen molar-refractivity contribution in [2.24, 2.45) is 5.73 Å². The molecule has 0 aromatic carbocycles. The van der Waals surface area contributed by atoms with E-state index in [1.165, 1.54) is 13.1 Å². The first-order valence-corrected chi connectivity index (χ1v) is 10.3. The quantitative estimate of drug-likeness (QED) is 0.0812. The minimum atomic E-state index is -0.825. The first-order chi connectivity index (χ1) is 14.6. The maximum Gasteiger partial charge on any atom is 0.245 e. The van der Waals surface area contributed by atoms with Crippen molar-refractivity contribution in [3.63, 3.8) is 0 Å². The molecule has 0 aromatic heterocycles. The van der Waals surface area contributed by atoms with E-state index < -0.39 is 30.4 Å². The standard InChI is InChI=1S/C20H34N5O6.CH3.Es/c1-12(19(21)29)10-24-18-9-15(27)16(31-18)11-23-17(28)7-5-4-6-8-22-20(30)13(2)25-14(3)26;;/h10,13,15-16,18,24,27H,2,4-9,11H2,1,3H3,(H2,21,29)(H,22,30)(H,23,28)(H,25,26);1H3;/q2*-1;/b12-10-;;/t13?,15?,16-,18-;;/m1../s1. The van der Waals surface area contributed by atoms with Gasteiger partial charge in [-0.15, -0.1) is 0 Å². The molecule has 1 aliphatic rings. The van der Waals surface area contributed by atoms with Crippen LogP contribution in [-0.4, -0.2) is 66.3 Å². The molecule has 195 valence electrons. The molecule has 4 amide bonds. The number of aliphatic hydroxyl groups excluding tert-OH is 1. The van der Waals surface area contributed by atoms with Gasteiger partial charge in [-0.05, 0) is 25.8 Å².